The Balaban J connectivity index is 0.000000645. The molecule has 0 aromatic heterocycles. The van der Waals surface area contributed by atoms with Gasteiger partial charge in [-0.15, -0.1) is 0 Å². The van der Waals surface area contributed by atoms with E-state index in [1.54, 1.807) is 29.2 Å². The Bertz CT molecular complexity index is 2070. The van der Waals surface area contributed by atoms with Crippen LogP contribution in [-0.4, -0.2) is 134 Å². The number of nitrogens with one attached hydrogen (secondary N) is 3. The summed E-state index contributed by atoms with van der Waals surface area (Å²) in [6.07, 6.45) is 1.51. The summed E-state index contributed by atoms with van der Waals surface area (Å²) < 4.78 is 29.6. The lowest BCUT2D eigenvalue weighted by Crippen LogP contribution is -2.54. The molecule has 3 aromatic carbocycles. The zero-order chi connectivity index (χ0) is 47.0. The molecule has 18 nitrogen and oxygen atoms in total. The van der Waals surface area contributed by atoms with Gasteiger partial charge < -0.3 is 40.2 Å². The van der Waals surface area contributed by atoms with Crippen molar-refractivity contribution in [2.75, 3.05) is 54.0 Å². The number of benzene rings is 3. The number of carboxylic acids is 1. The van der Waals surface area contributed by atoms with Crippen molar-refractivity contribution in [3.05, 3.63) is 83.4 Å². The van der Waals surface area contributed by atoms with E-state index in [1.165, 1.54) is 14.2 Å². The average Bonchev–Trinajstić information content (AvgIpc) is 3.28. The largest absolute Gasteiger partial charge is 0.480 e. The fourth-order valence-corrected chi connectivity index (χ4v) is 9.16. The highest BCUT2D eigenvalue weighted by Crippen LogP contribution is 2.52. The number of unbranched alkanes of at least 4 members (excludes halogenated alkanes) is 1. The van der Waals surface area contributed by atoms with Gasteiger partial charge >= 0.3 is 25.7 Å². The molecular weight excluding hydrogens is 846 g/mol. The van der Waals surface area contributed by atoms with Crippen LogP contribution < -0.4 is 21.7 Å². The fourth-order valence-electron chi connectivity index (χ4n) is 7.71. The van der Waals surface area contributed by atoms with Crippen LogP contribution in [0.2, 0.25) is 0 Å². The number of carboxylic acid groups (broad SMARTS) is 1. The topological polar surface area (TPSA) is 239 Å². The van der Waals surface area contributed by atoms with Crippen LogP contribution in [0, 0.1) is 5.92 Å². The summed E-state index contributed by atoms with van der Waals surface area (Å²) in [5.41, 5.74) is 6.78. The quantitative estimate of drug-likeness (QED) is 0.0512. The number of amides is 6. The number of nitrogens with two attached hydrogens (primary N) is 1. The van der Waals surface area contributed by atoms with Crippen LogP contribution in [0.3, 0.4) is 0 Å². The van der Waals surface area contributed by atoms with Crippen molar-refractivity contribution in [1.29, 1.82) is 0 Å². The number of alkyl carbamates (subject to hydrolysis) is 1. The lowest BCUT2D eigenvalue weighted by Gasteiger charge is -2.38. The number of primary amides is 1. The van der Waals surface area contributed by atoms with Crippen LogP contribution in [0.4, 0.5) is 9.59 Å². The number of aliphatic carboxylic acids is 1. The smallest absolute Gasteiger partial charge is 0.407 e. The second-order valence-corrected chi connectivity index (χ2v) is 18.7. The molecule has 5 rings (SSSR count). The van der Waals surface area contributed by atoms with Gasteiger partial charge in [0.05, 0.1) is 6.04 Å². The van der Waals surface area contributed by atoms with Crippen molar-refractivity contribution < 1.29 is 52.2 Å². The molecule has 0 radical (unpaired) electrons. The first-order chi connectivity index (χ1) is 30.5. The average molecular weight is 910 g/mol. The summed E-state index contributed by atoms with van der Waals surface area (Å²) in [5.74, 6) is -4.08. The minimum atomic E-state index is -3.96. The van der Waals surface area contributed by atoms with E-state index in [9.17, 15) is 38.4 Å². The third kappa shape index (κ3) is 14.1. The van der Waals surface area contributed by atoms with E-state index in [2.05, 4.69) is 34.8 Å². The van der Waals surface area contributed by atoms with Gasteiger partial charge in [-0.2, -0.15) is 0 Å². The van der Waals surface area contributed by atoms with E-state index in [0.717, 1.165) is 41.9 Å². The van der Waals surface area contributed by atoms with Crippen molar-refractivity contribution in [3.8, 4) is 0 Å². The predicted molar refractivity (Wildman–Crippen MR) is 242 cm³/mol. The first kappa shape index (κ1) is 51.2. The first-order valence-electron chi connectivity index (χ1n) is 21.6. The molecule has 2 aliphatic heterocycles. The van der Waals surface area contributed by atoms with E-state index in [0.29, 0.717) is 35.4 Å². The van der Waals surface area contributed by atoms with Gasteiger partial charge in [-0.3, -0.25) is 34.1 Å². The molecule has 0 bridgehead atoms. The van der Waals surface area contributed by atoms with Gasteiger partial charge in [0.15, 0.2) is 0 Å². The molecule has 6 amide bonds. The molecule has 4 atom stereocenters. The summed E-state index contributed by atoms with van der Waals surface area (Å²) in [6, 6.07) is 17.6. The van der Waals surface area contributed by atoms with E-state index < -0.39 is 55.2 Å². The molecule has 0 spiro atoms. The number of likely N-dealkylation sites (N-methyl/N-ethyl adjacent to an activating group) is 1. The second-order valence-electron chi connectivity index (χ2n) is 16.2. The number of carbonyl (C=O) groups excluding carboxylic acids is 5. The lowest BCUT2D eigenvalue weighted by molar-refractivity contribution is -0.142. The van der Waals surface area contributed by atoms with E-state index in [1.807, 2.05) is 56.3 Å². The Morgan fingerprint density at radius 1 is 0.891 bits per heavy atom. The molecule has 0 saturated carbocycles. The Hall–Kier alpha value is -5.39. The number of ether oxygens (including phenoxy) is 1. The van der Waals surface area contributed by atoms with Gasteiger partial charge in [0.1, 0.15) is 18.4 Å². The molecule has 19 heteroatoms. The van der Waals surface area contributed by atoms with Gasteiger partial charge in [-0.1, -0.05) is 75.4 Å². The number of urea groups is 1. The van der Waals surface area contributed by atoms with Crippen LogP contribution in [0.1, 0.15) is 85.6 Å². The first-order valence-corrected chi connectivity index (χ1v) is 23.2. The summed E-state index contributed by atoms with van der Waals surface area (Å²) in [4.78, 5) is 80.8. The number of hydrogen-bond acceptors (Lipinski definition) is 12. The molecule has 3 aromatic rings. The second kappa shape index (κ2) is 24.6. The third-order valence-corrected chi connectivity index (χ3v) is 13.6. The maximum absolute atomic E-state index is 13.8. The Morgan fingerprint density at radius 3 is 2.09 bits per heavy atom. The standard InChI is InChI=1S/C37H47N4O10P.C8H17N3O/c1-24(2)22-30(33(42)40-29(36(45)46)18-8-9-20-38-37(47)51-23-25-12-6-5-7-13-25)39-31(52(48,49-3)50-4)19-21-41-34(43)27-16-10-14-26-15-11-17-28(32(26)27)35(41)44;1-3-7-6-11(8(9)12)5-4-10(7)2/h5-7,10-17,24,29-31,39H,8-9,18-23H2,1-4H3,(H,38,47)(H,40,42)(H,45,46);7H,3-6H2,1-2H3,(H2,9,12)/t29?,30?,31-;7-/m00/s1. The molecule has 350 valence electrons. The predicted octanol–water partition coefficient (Wildman–Crippen LogP) is 5.40. The molecule has 1 saturated heterocycles. The maximum atomic E-state index is 13.8. The number of rotatable bonds is 21. The Kier molecular flexibility index (Phi) is 19.7. The zero-order valence-electron chi connectivity index (χ0n) is 37.6. The highest BCUT2D eigenvalue weighted by Gasteiger charge is 2.40. The van der Waals surface area contributed by atoms with Gasteiger partial charge in [0.2, 0.25) is 5.91 Å². The molecular formula is C45H64N7O11P. The van der Waals surface area contributed by atoms with Gasteiger partial charge in [0.25, 0.3) is 11.8 Å². The Morgan fingerprint density at radius 2 is 1.53 bits per heavy atom. The van der Waals surface area contributed by atoms with E-state index >= 15 is 0 Å². The number of piperazine rings is 1. The number of carbonyl (C=O) groups is 6. The van der Waals surface area contributed by atoms with Crippen LogP contribution >= 0.6 is 7.60 Å². The van der Waals surface area contributed by atoms with Crippen molar-refractivity contribution >= 4 is 54.2 Å². The monoisotopic (exact) mass is 909 g/mol. The minimum absolute atomic E-state index is 0.0494. The molecule has 2 unspecified atom stereocenters. The van der Waals surface area contributed by atoms with Crippen molar-refractivity contribution in [3.63, 3.8) is 0 Å². The molecule has 2 heterocycles. The van der Waals surface area contributed by atoms with E-state index in [4.69, 9.17) is 19.5 Å². The fraction of sp³-hybridized carbons (Fsp3) is 0.511. The van der Waals surface area contributed by atoms with Crippen molar-refractivity contribution in [1.82, 2.24) is 30.7 Å². The van der Waals surface area contributed by atoms with Crippen LogP contribution in [0.25, 0.3) is 10.8 Å². The number of nitrogens with zero attached hydrogens (tertiary/aromatic N) is 3. The highest BCUT2D eigenvalue weighted by atomic mass is 31.2. The Labute approximate surface area is 375 Å². The normalized spacial score (nSPS) is 16.7. The maximum Gasteiger partial charge on any atom is 0.407 e. The van der Waals surface area contributed by atoms with Crippen LogP contribution in [0.5, 0.6) is 0 Å². The summed E-state index contributed by atoms with van der Waals surface area (Å²) in [5, 5.41) is 19.5. The SMILES string of the molecule is CC[C@H]1CN(C(N)=O)CCN1C.COP(=O)(OC)[C@@H](CCN1C(=O)c2cccc3cccc(c23)C1=O)NC(CC(C)C)C(=O)NC(CCCCNC(=O)OCc1ccccc1)C(=O)O. The zero-order valence-corrected chi connectivity index (χ0v) is 38.5. The summed E-state index contributed by atoms with van der Waals surface area (Å²) >= 11 is 0. The lowest BCUT2D eigenvalue weighted by atomic mass is 9.94. The summed E-state index contributed by atoms with van der Waals surface area (Å²) in [6.45, 7) is 8.56. The molecule has 64 heavy (non-hydrogen) atoms. The van der Waals surface area contributed by atoms with Crippen LogP contribution in [-0.2, 0) is 34.5 Å². The van der Waals surface area contributed by atoms with Crippen molar-refractivity contribution in [2.45, 2.75) is 89.8 Å². The van der Waals surface area contributed by atoms with Crippen molar-refractivity contribution in [2.24, 2.45) is 11.7 Å². The minimum Gasteiger partial charge on any atom is -0.480 e. The van der Waals surface area contributed by atoms with Crippen LogP contribution in [0.15, 0.2) is 66.7 Å². The molecule has 2 aliphatic rings. The van der Waals surface area contributed by atoms with Gasteiger partial charge in [-0.05, 0) is 74.6 Å². The molecule has 6 N–H and O–H groups in total. The molecule has 1 fully saturated rings. The highest BCUT2D eigenvalue weighted by molar-refractivity contribution is 7.54. The van der Waals surface area contributed by atoms with E-state index in [-0.39, 0.29) is 50.9 Å². The third-order valence-electron chi connectivity index (χ3n) is 11.4. The van der Waals surface area contributed by atoms with Gasteiger partial charge in [-0.25, -0.2) is 14.4 Å². The molecule has 0 aliphatic carbocycles. The summed E-state index contributed by atoms with van der Waals surface area (Å²) in [7, 11) is 0.527. The number of imide groups is 1. The van der Waals surface area contributed by atoms with Gasteiger partial charge in [0, 0.05) is 69.5 Å². The number of hydrogen-bond donors (Lipinski definition) is 5.